The minimum atomic E-state index is -0.310. The summed E-state index contributed by atoms with van der Waals surface area (Å²) in [6.07, 6.45) is 5.30. The molecule has 0 aliphatic carbocycles. The van der Waals surface area contributed by atoms with Gasteiger partial charge >= 0.3 is 0 Å². The monoisotopic (exact) mass is 184 g/mol. The highest BCUT2D eigenvalue weighted by Crippen LogP contribution is 2.13. The Morgan fingerprint density at radius 1 is 1.54 bits per heavy atom. The summed E-state index contributed by atoms with van der Waals surface area (Å²) in [5.41, 5.74) is 0.697. The number of allylic oxidation sites excluding steroid dienone is 1. The van der Waals surface area contributed by atoms with E-state index in [0.29, 0.717) is 5.57 Å². The maximum atomic E-state index is 10.3. The first-order valence-electron chi connectivity index (χ1n) is 4.93. The van der Waals surface area contributed by atoms with Gasteiger partial charge in [-0.25, -0.2) is 0 Å². The Morgan fingerprint density at radius 3 is 2.62 bits per heavy atom. The number of carbonyl (C=O) groups is 1. The van der Waals surface area contributed by atoms with Crippen LogP contribution in [0.4, 0.5) is 0 Å². The number of aldehydes is 1. The van der Waals surface area contributed by atoms with Gasteiger partial charge in [-0.3, -0.25) is 4.79 Å². The van der Waals surface area contributed by atoms with Gasteiger partial charge in [0, 0.05) is 5.92 Å². The van der Waals surface area contributed by atoms with Gasteiger partial charge in [0.15, 0.2) is 0 Å². The van der Waals surface area contributed by atoms with Crippen LogP contribution < -0.4 is 0 Å². The third-order valence-electron chi connectivity index (χ3n) is 2.17. The van der Waals surface area contributed by atoms with Crippen LogP contribution in [0.25, 0.3) is 0 Å². The summed E-state index contributed by atoms with van der Waals surface area (Å²) < 4.78 is 0. The molecular formula is C11H20O2. The zero-order valence-electron chi connectivity index (χ0n) is 8.79. The molecule has 0 amide bonds. The fourth-order valence-corrected chi connectivity index (χ4v) is 1.24. The van der Waals surface area contributed by atoms with Crippen molar-refractivity contribution in [1.82, 2.24) is 0 Å². The average molecular weight is 184 g/mol. The second-order valence-electron chi connectivity index (χ2n) is 3.60. The van der Waals surface area contributed by atoms with Crippen molar-refractivity contribution in [2.75, 3.05) is 0 Å². The highest BCUT2D eigenvalue weighted by atomic mass is 16.3. The first-order valence-corrected chi connectivity index (χ1v) is 4.93. The van der Waals surface area contributed by atoms with Gasteiger partial charge in [-0.15, -0.1) is 0 Å². The summed E-state index contributed by atoms with van der Waals surface area (Å²) in [6.45, 7) is 5.80. The summed E-state index contributed by atoms with van der Waals surface area (Å²) in [5, 5.41) is 9.63. The molecule has 1 N–H and O–H groups in total. The minimum Gasteiger partial charge on any atom is -0.393 e. The zero-order valence-corrected chi connectivity index (χ0v) is 8.79. The number of hydrogen-bond acceptors (Lipinski definition) is 2. The van der Waals surface area contributed by atoms with Crippen LogP contribution in [0.5, 0.6) is 0 Å². The third-order valence-corrected chi connectivity index (χ3v) is 2.17. The van der Waals surface area contributed by atoms with E-state index >= 15 is 0 Å². The summed E-state index contributed by atoms with van der Waals surface area (Å²) in [6, 6.07) is 0. The second kappa shape index (κ2) is 6.84. The molecule has 0 aliphatic rings. The van der Waals surface area contributed by atoms with Crippen molar-refractivity contribution in [3.05, 3.63) is 11.6 Å². The van der Waals surface area contributed by atoms with E-state index < -0.39 is 0 Å². The Bertz CT molecular complexity index is 173. The molecule has 0 aromatic carbocycles. The Kier molecular flexibility index (Phi) is 6.51. The van der Waals surface area contributed by atoms with Crippen LogP contribution in [0.3, 0.4) is 0 Å². The van der Waals surface area contributed by atoms with Crippen LogP contribution in [-0.2, 0) is 4.79 Å². The standard InChI is InChI=1S/C11H20O2/c1-4-5-6-11(13)10(3)7-9(2)8-12/h7-8,10-11,13H,4-6H2,1-3H3. The van der Waals surface area contributed by atoms with Gasteiger partial charge < -0.3 is 5.11 Å². The van der Waals surface area contributed by atoms with Crippen molar-refractivity contribution < 1.29 is 9.90 Å². The molecule has 13 heavy (non-hydrogen) atoms. The molecule has 2 nitrogen and oxygen atoms in total. The van der Waals surface area contributed by atoms with E-state index in [0.717, 1.165) is 25.5 Å². The van der Waals surface area contributed by atoms with Crippen molar-refractivity contribution in [3.63, 3.8) is 0 Å². The first-order chi connectivity index (χ1) is 6.11. The number of carbonyl (C=O) groups excluding carboxylic acids is 1. The molecule has 0 saturated heterocycles. The molecule has 76 valence electrons. The molecule has 2 atom stereocenters. The molecule has 0 aromatic heterocycles. The van der Waals surface area contributed by atoms with Crippen LogP contribution >= 0.6 is 0 Å². The van der Waals surface area contributed by atoms with Crippen molar-refractivity contribution in [2.24, 2.45) is 5.92 Å². The Balaban J connectivity index is 3.94. The van der Waals surface area contributed by atoms with Gasteiger partial charge in [0.25, 0.3) is 0 Å². The summed E-state index contributed by atoms with van der Waals surface area (Å²) >= 11 is 0. The lowest BCUT2D eigenvalue weighted by atomic mass is 9.98. The highest BCUT2D eigenvalue weighted by molar-refractivity contribution is 5.72. The highest BCUT2D eigenvalue weighted by Gasteiger charge is 2.10. The van der Waals surface area contributed by atoms with Crippen molar-refractivity contribution in [3.8, 4) is 0 Å². The Labute approximate surface area is 80.7 Å². The molecule has 0 radical (unpaired) electrons. The number of hydrogen-bond donors (Lipinski definition) is 1. The number of aliphatic hydroxyl groups excluding tert-OH is 1. The smallest absolute Gasteiger partial charge is 0.145 e. The quantitative estimate of drug-likeness (QED) is 0.508. The lowest BCUT2D eigenvalue weighted by molar-refractivity contribution is -0.104. The largest absolute Gasteiger partial charge is 0.393 e. The molecule has 0 rings (SSSR count). The van der Waals surface area contributed by atoms with Crippen molar-refractivity contribution in [2.45, 2.75) is 46.1 Å². The Morgan fingerprint density at radius 2 is 2.15 bits per heavy atom. The van der Waals surface area contributed by atoms with E-state index in [4.69, 9.17) is 0 Å². The number of aliphatic hydroxyl groups is 1. The average Bonchev–Trinajstić information content (AvgIpc) is 2.13. The predicted octanol–water partition coefficient (Wildman–Crippen LogP) is 2.32. The molecule has 0 spiro atoms. The molecule has 2 heteroatoms. The topological polar surface area (TPSA) is 37.3 Å². The van der Waals surface area contributed by atoms with Gasteiger partial charge in [-0.2, -0.15) is 0 Å². The molecule has 0 bridgehead atoms. The fraction of sp³-hybridized carbons (Fsp3) is 0.727. The Hall–Kier alpha value is -0.630. The van der Waals surface area contributed by atoms with Crippen molar-refractivity contribution >= 4 is 6.29 Å². The van der Waals surface area contributed by atoms with Gasteiger partial charge in [0.2, 0.25) is 0 Å². The van der Waals surface area contributed by atoms with Crippen molar-refractivity contribution in [1.29, 1.82) is 0 Å². The molecule has 2 unspecified atom stereocenters. The second-order valence-corrected chi connectivity index (χ2v) is 3.60. The van der Waals surface area contributed by atoms with Crippen LogP contribution in [0.2, 0.25) is 0 Å². The minimum absolute atomic E-state index is 0.0803. The van der Waals surface area contributed by atoms with E-state index in [1.807, 2.05) is 13.0 Å². The molecule has 0 aliphatic heterocycles. The van der Waals surface area contributed by atoms with Crippen LogP contribution in [-0.4, -0.2) is 17.5 Å². The van der Waals surface area contributed by atoms with Crippen LogP contribution in [0.15, 0.2) is 11.6 Å². The fourth-order valence-electron chi connectivity index (χ4n) is 1.24. The summed E-state index contributed by atoms with van der Waals surface area (Å²) in [7, 11) is 0. The van der Waals surface area contributed by atoms with E-state index in [1.165, 1.54) is 0 Å². The summed E-state index contributed by atoms with van der Waals surface area (Å²) in [5.74, 6) is 0.0803. The first kappa shape index (κ1) is 12.4. The number of rotatable bonds is 6. The third kappa shape index (κ3) is 5.58. The van der Waals surface area contributed by atoms with Gasteiger partial charge in [-0.05, 0) is 18.9 Å². The molecule has 0 aromatic rings. The molecule has 0 fully saturated rings. The van der Waals surface area contributed by atoms with Crippen LogP contribution in [0, 0.1) is 5.92 Å². The summed E-state index contributed by atoms with van der Waals surface area (Å²) in [4.78, 5) is 10.3. The predicted molar refractivity (Wildman–Crippen MR) is 54.5 cm³/mol. The zero-order chi connectivity index (χ0) is 10.3. The van der Waals surface area contributed by atoms with E-state index in [-0.39, 0.29) is 12.0 Å². The lowest BCUT2D eigenvalue weighted by Gasteiger charge is -2.15. The maximum Gasteiger partial charge on any atom is 0.145 e. The van der Waals surface area contributed by atoms with E-state index in [1.54, 1.807) is 6.92 Å². The lowest BCUT2D eigenvalue weighted by Crippen LogP contribution is -2.15. The number of unbranched alkanes of at least 4 members (excludes halogenated alkanes) is 1. The van der Waals surface area contributed by atoms with E-state index in [9.17, 15) is 9.90 Å². The van der Waals surface area contributed by atoms with Gasteiger partial charge in [0.1, 0.15) is 6.29 Å². The molecule has 0 saturated carbocycles. The van der Waals surface area contributed by atoms with Gasteiger partial charge in [-0.1, -0.05) is 32.8 Å². The van der Waals surface area contributed by atoms with E-state index in [2.05, 4.69) is 6.92 Å². The molecular weight excluding hydrogens is 164 g/mol. The van der Waals surface area contributed by atoms with Crippen LogP contribution in [0.1, 0.15) is 40.0 Å². The maximum absolute atomic E-state index is 10.3. The normalized spacial score (nSPS) is 16.8. The molecule has 0 heterocycles. The van der Waals surface area contributed by atoms with Gasteiger partial charge in [0.05, 0.1) is 6.10 Å². The SMILES string of the molecule is CCCCC(O)C(C)C=C(C)C=O.